The number of nitriles is 1. The van der Waals surface area contributed by atoms with Crippen LogP contribution < -0.4 is 14.8 Å². The lowest BCUT2D eigenvalue weighted by molar-refractivity contribution is 0.340. The number of hydrogen-bond acceptors (Lipinski definition) is 4. The Hall–Kier alpha value is -2.51. The molecule has 0 saturated carbocycles. The van der Waals surface area contributed by atoms with Crippen LogP contribution in [0.4, 0.5) is 0 Å². The van der Waals surface area contributed by atoms with Crippen molar-refractivity contribution in [2.75, 3.05) is 13.7 Å². The molecule has 1 atom stereocenters. The molecule has 2 aromatic carbocycles. The SMILES string of the molecule is CCOc1ccc(C(C#N)NCc2ccccc2OC)cc1. The molecule has 0 aliphatic heterocycles. The summed E-state index contributed by atoms with van der Waals surface area (Å²) in [6, 6.07) is 17.3. The molecule has 1 unspecified atom stereocenters. The van der Waals surface area contributed by atoms with E-state index in [-0.39, 0.29) is 6.04 Å². The molecule has 0 amide bonds. The predicted octanol–water partition coefficient (Wildman–Crippen LogP) is 3.45. The van der Waals surface area contributed by atoms with E-state index in [0.29, 0.717) is 13.2 Å². The van der Waals surface area contributed by atoms with Crippen molar-refractivity contribution in [2.24, 2.45) is 0 Å². The molecule has 2 aromatic rings. The van der Waals surface area contributed by atoms with Crippen molar-refractivity contribution in [3.05, 3.63) is 59.7 Å². The van der Waals surface area contributed by atoms with Crippen LogP contribution in [0.2, 0.25) is 0 Å². The van der Waals surface area contributed by atoms with Gasteiger partial charge in [0.1, 0.15) is 17.5 Å². The van der Waals surface area contributed by atoms with Crippen LogP contribution in [0.1, 0.15) is 24.1 Å². The van der Waals surface area contributed by atoms with Gasteiger partial charge in [0, 0.05) is 12.1 Å². The van der Waals surface area contributed by atoms with E-state index >= 15 is 0 Å². The van der Waals surface area contributed by atoms with Gasteiger partial charge in [-0.25, -0.2) is 0 Å². The highest BCUT2D eigenvalue weighted by molar-refractivity contribution is 5.34. The van der Waals surface area contributed by atoms with Crippen molar-refractivity contribution < 1.29 is 9.47 Å². The Labute approximate surface area is 131 Å². The van der Waals surface area contributed by atoms with Crippen molar-refractivity contribution in [2.45, 2.75) is 19.5 Å². The molecule has 0 spiro atoms. The van der Waals surface area contributed by atoms with Gasteiger partial charge in [0.2, 0.25) is 0 Å². The van der Waals surface area contributed by atoms with Gasteiger partial charge in [0.05, 0.1) is 19.8 Å². The number of ether oxygens (including phenoxy) is 2. The summed E-state index contributed by atoms with van der Waals surface area (Å²) in [6.45, 7) is 3.14. The molecule has 2 rings (SSSR count). The van der Waals surface area contributed by atoms with Crippen molar-refractivity contribution >= 4 is 0 Å². The van der Waals surface area contributed by atoms with Gasteiger partial charge < -0.3 is 9.47 Å². The average Bonchev–Trinajstić information content (AvgIpc) is 2.57. The fourth-order valence-corrected chi connectivity index (χ4v) is 2.22. The summed E-state index contributed by atoms with van der Waals surface area (Å²) >= 11 is 0. The van der Waals surface area contributed by atoms with E-state index in [1.807, 2.05) is 55.5 Å². The van der Waals surface area contributed by atoms with Crippen LogP contribution in [0, 0.1) is 11.3 Å². The molecule has 0 aliphatic carbocycles. The second kappa shape index (κ2) is 8.06. The second-order valence-corrected chi connectivity index (χ2v) is 4.76. The Morgan fingerprint density at radius 3 is 2.50 bits per heavy atom. The first kappa shape index (κ1) is 15.9. The van der Waals surface area contributed by atoms with Gasteiger partial charge in [-0.3, -0.25) is 5.32 Å². The number of para-hydroxylation sites is 1. The second-order valence-electron chi connectivity index (χ2n) is 4.76. The number of rotatable bonds is 7. The first-order chi connectivity index (χ1) is 10.8. The maximum Gasteiger partial charge on any atom is 0.123 e. The van der Waals surface area contributed by atoms with Crippen LogP contribution >= 0.6 is 0 Å². The quantitative estimate of drug-likeness (QED) is 0.850. The molecule has 1 N–H and O–H groups in total. The summed E-state index contributed by atoms with van der Waals surface area (Å²) in [5, 5.41) is 12.6. The van der Waals surface area contributed by atoms with Crippen LogP contribution in [0.3, 0.4) is 0 Å². The van der Waals surface area contributed by atoms with Crippen LogP contribution in [-0.4, -0.2) is 13.7 Å². The molecule has 0 radical (unpaired) electrons. The Balaban J connectivity index is 2.04. The Bertz CT molecular complexity index is 632. The number of benzene rings is 2. The Morgan fingerprint density at radius 1 is 1.14 bits per heavy atom. The standard InChI is InChI=1S/C18H20N2O2/c1-3-22-16-10-8-14(9-11-16)17(12-19)20-13-15-6-4-5-7-18(15)21-2/h4-11,17,20H,3,13H2,1-2H3. The highest BCUT2D eigenvalue weighted by Crippen LogP contribution is 2.20. The minimum Gasteiger partial charge on any atom is -0.496 e. The molecule has 114 valence electrons. The average molecular weight is 296 g/mol. The zero-order valence-electron chi connectivity index (χ0n) is 12.9. The van der Waals surface area contributed by atoms with Crippen LogP contribution in [0.15, 0.2) is 48.5 Å². The molecule has 0 saturated heterocycles. The number of methoxy groups -OCH3 is 1. The van der Waals surface area contributed by atoms with Gasteiger partial charge in [0.15, 0.2) is 0 Å². The van der Waals surface area contributed by atoms with E-state index in [0.717, 1.165) is 22.6 Å². The van der Waals surface area contributed by atoms with Crippen molar-refractivity contribution in [3.8, 4) is 17.6 Å². The van der Waals surface area contributed by atoms with Gasteiger partial charge in [-0.2, -0.15) is 5.26 Å². The van der Waals surface area contributed by atoms with E-state index in [1.54, 1.807) is 7.11 Å². The van der Waals surface area contributed by atoms with E-state index in [9.17, 15) is 5.26 Å². The van der Waals surface area contributed by atoms with E-state index in [2.05, 4.69) is 11.4 Å². The fourth-order valence-electron chi connectivity index (χ4n) is 2.22. The third-order valence-electron chi connectivity index (χ3n) is 3.34. The van der Waals surface area contributed by atoms with Gasteiger partial charge in [-0.1, -0.05) is 30.3 Å². The van der Waals surface area contributed by atoms with E-state index in [4.69, 9.17) is 9.47 Å². The van der Waals surface area contributed by atoms with Crippen LogP contribution in [-0.2, 0) is 6.54 Å². The summed E-state index contributed by atoms with van der Waals surface area (Å²) in [6.07, 6.45) is 0. The topological polar surface area (TPSA) is 54.3 Å². The zero-order chi connectivity index (χ0) is 15.8. The smallest absolute Gasteiger partial charge is 0.123 e. The Morgan fingerprint density at radius 2 is 1.86 bits per heavy atom. The molecule has 0 aliphatic rings. The summed E-state index contributed by atoms with van der Waals surface area (Å²) in [4.78, 5) is 0. The third kappa shape index (κ3) is 4.00. The molecule has 4 heteroatoms. The summed E-state index contributed by atoms with van der Waals surface area (Å²) in [5.41, 5.74) is 1.94. The molecule has 4 nitrogen and oxygen atoms in total. The third-order valence-corrected chi connectivity index (χ3v) is 3.34. The maximum atomic E-state index is 9.38. The molecular weight excluding hydrogens is 276 g/mol. The zero-order valence-corrected chi connectivity index (χ0v) is 12.9. The fraction of sp³-hybridized carbons (Fsp3) is 0.278. The summed E-state index contributed by atoms with van der Waals surface area (Å²) in [7, 11) is 1.65. The molecule has 0 heterocycles. The van der Waals surface area contributed by atoms with Crippen molar-refractivity contribution in [3.63, 3.8) is 0 Å². The molecule has 0 aromatic heterocycles. The van der Waals surface area contributed by atoms with E-state index in [1.165, 1.54) is 0 Å². The highest BCUT2D eigenvalue weighted by Gasteiger charge is 2.11. The maximum absolute atomic E-state index is 9.38. The molecular formula is C18H20N2O2. The normalized spacial score (nSPS) is 11.5. The van der Waals surface area contributed by atoms with Crippen LogP contribution in [0.5, 0.6) is 11.5 Å². The highest BCUT2D eigenvalue weighted by atomic mass is 16.5. The van der Waals surface area contributed by atoms with Crippen LogP contribution in [0.25, 0.3) is 0 Å². The lowest BCUT2D eigenvalue weighted by Gasteiger charge is -2.14. The van der Waals surface area contributed by atoms with Gasteiger partial charge in [-0.05, 0) is 30.7 Å². The lowest BCUT2D eigenvalue weighted by atomic mass is 10.1. The first-order valence-corrected chi connectivity index (χ1v) is 7.26. The van der Waals surface area contributed by atoms with E-state index < -0.39 is 0 Å². The minimum absolute atomic E-state index is 0.374. The van der Waals surface area contributed by atoms with Gasteiger partial charge in [0.25, 0.3) is 0 Å². The number of hydrogen-bond donors (Lipinski definition) is 1. The molecule has 0 fully saturated rings. The lowest BCUT2D eigenvalue weighted by Crippen LogP contribution is -2.19. The summed E-state index contributed by atoms with van der Waals surface area (Å²) in [5.74, 6) is 1.63. The number of nitrogens with one attached hydrogen (secondary N) is 1. The Kier molecular flexibility index (Phi) is 5.81. The van der Waals surface area contributed by atoms with Gasteiger partial charge >= 0.3 is 0 Å². The molecule has 22 heavy (non-hydrogen) atoms. The molecule has 0 bridgehead atoms. The minimum atomic E-state index is -0.374. The monoisotopic (exact) mass is 296 g/mol. The van der Waals surface area contributed by atoms with Crippen molar-refractivity contribution in [1.82, 2.24) is 5.32 Å². The van der Waals surface area contributed by atoms with Crippen molar-refractivity contribution in [1.29, 1.82) is 5.26 Å². The summed E-state index contributed by atoms with van der Waals surface area (Å²) < 4.78 is 10.7. The first-order valence-electron chi connectivity index (χ1n) is 7.26. The largest absolute Gasteiger partial charge is 0.496 e. The predicted molar refractivity (Wildman–Crippen MR) is 85.8 cm³/mol. The number of nitrogens with zero attached hydrogens (tertiary/aromatic N) is 1. The van der Waals surface area contributed by atoms with Gasteiger partial charge in [-0.15, -0.1) is 0 Å².